The maximum atomic E-state index is 15.5. The van der Waals surface area contributed by atoms with Crippen LogP contribution < -0.4 is 16.1 Å². The number of carbonyl (C=O) groups is 2. The average Bonchev–Trinajstić information content (AvgIpc) is 3.54. The number of piperidine rings is 1. The van der Waals surface area contributed by atoms with Crippen LogP contribution in [0, 0.1) is 5.82 Å². The second-order valence-corrected chi connectivity index (χ2v) is 8.66. The molecule has 2 aromatic rings. The van der Waals surface area contributed by atoms with Gasteiger partial charge >= 0.3 is 5.97 Å². The third kappa shape index (κ3) is 3.54. The predicted molar refractivity (Wildman–Crippen MR) is 117 cm³/mol. The molecule has 32 heavy (non-hydrogen) atoms. The molecule has 0 amide bonds. The fourth-order valence-corrected chi connectivity index (χ4v) is 4.46. The topological polar surface area (TPSA) is 127 Å². The fourth-order valence-electron chi connectivity index (χ4n) is 4.46. The molecule has 0 radical (unpaired) electrons. The summed E-state index contributed by atoms with van der Waals surface area (Å²) in [6.07, 6.45) is 3.24. The summed E-state index contributed by atoms with van der Waals surface area (Å²) in [6.45, 7) is 3.59. The lowest BCUT2D eigenvalue weighted by molar-refractivity contribution is 0.0694. The van der Waals surface area contributed by atoms with Gasteiger partial charge in [0.2, 0.25) is 5.43 Å². The molecular formula is C22H25FN4O5. The van der Waals surface area contributed by atoms with Gasteiger partial charge in [0, 0.05) is 31.7 Å². The summed E-state index contributed by atoms with van der Waals surface area (Å²) in [5.74, 6) is -2.58. The smallest absolute Gasteiger partial charge is 0.341 e. The first kappa shape index (κ1) is 21.9. The number of halogens is 1. The van der Waals surface area contributed by atoms with Crippen LogP contribution in [0.1, 0.15) is 59.9 Å². The highest BCUT2D eigenvalue weighted by molar-refractivity contribution is 6.12. The number of carboxylic acid groups (broad SMARTS) is 1. The zero-order valence-corrected chi connectivity index (χ0v) is 18.1. The van der Waals surface area contributed by atoms with Gasteiger partial charge in [0.15, 0.2) is 5.78 Å². The van der Waals surface area contributed by atoms with Gasteiger partial charge in [-0.1, -0.05) is 5.16 Å². The van der Waals surface area contributed by atoms with Crippen LogP contribution in [0.3, 0.4) is 0 Å². The van der Waals surface area contributed by atoms with Crippen molar-refractivity contribution in [3.63, 3.8) is 0 Å². The molecule has 3 N–H and O–H groups in total. The van der Waals surface area contributed by atoms with Crippen LogP contribution in [-0.4, -0.2) is 52.9 Å². The van der Waals surface area contributed by atoms with Gasteiger partial charge in [-0.15, -0.1) is 0 Å². The van der Waals surface area contributed by atoms with Crippen molar-refractivity contribution >= 4 is 34.1 Å². The van der Waals surface area contributed by atoms with Crippen LogP contribution in [0.2, 0.25) is 0 Å². The van der Waals surface area contributed by atoms with Gasteiger partial charge in [-0.05, 0) is 32.8 Å². The van der Waals surface area contributed by atoms with Crippen LogP contribution in [-0.2, 0) is 4.84 Å². The number of rotatable bonds is 5. The molecule has 1 saturated heterocycles. The van der Waals surface area contributed by atoms with Crippen molar-refractivity contribution < 1.29 is 23.9 Å². The minimum atomic E-state index is -1.39. The Labute approximate surface area is 183 Å². The third-order valence-electron chi connectivity index (χ3n) is 6.08. The van der Waals surface area contributed by atoms with Crippen LogP contribution >= 0.6 is 0 Å². The summed E-state index contributed by atoms with van der Waals surface area (Å²) in [7, 11) is 1.43. The number of anilines is 1. The number of nitrogens with zero attached hydrogens (tertiary/aromatic N) is 3. The van der Waals surface area contributed by atoms with E-state index in [1.54, 1.807) is 16.4 Å². The minimum absolute atomic E-state index is 0.0471. The molecule has 9 nitrogen and oxygen atoms in total. The Hall–Kier alpha value is -3.27. The predicted octanol–water partition coefficient (Wildman–Crippen LogP) is 2.31. The average molecular weight is 444 g/mol. The lowest BCUT2D eigenvalue weighted by atomic mass is 9.88. The Bertz CT molecular complexity index is 1230. The molecule has 2 aliphatic rings. The summed E-state index contributed by atoms with van der Waals surface area (Å²) in [5.41, 5.74) is 5.25. The Balaban J connectivity index is 1.99. The van der Waals surface area contributed by atoms with Crippen LogP contribution in [0.5, 0.6) is 0 Å². The molecule has 1 saturated carbocycles. The summed E-state index contributed by atoms with van der Waals surface area (Å²) in [4.78, 5) is 43.9. The first-order valence-corrected chi connectivity index (χ1v) is 10.4. The van der Waals surface area contributed by atoms with E-state index in [0.717, 1.165) is 18.9 Å². The second kappa shape index (κ2) is 7.70. The maximum absolute atomic E-state index is 15.5. The Kier molecular flexibility index (Phi) is 5.28. The molecule has 4 rings (SSSR count). The maximum Gasteiger partial charge on any atom is 0.341 e. The molecule has 1 aliphatic carbocycles. The number of carbonyl (C=O) groups excluding carboxylic acids is 1. The van der Waals surface area contributed by atoms with Gasteiger partial charge in [0.25, 0.3) is 0 Å². The molecule has 1 aromatic heterocycles. The molecule has 1 unspecified atom stereocenters. The van der Waals surface area contributed by atoms with Gasteiger partial charge in [-0.3, -0.25) is 9.59 Å². The number of oxime groups is 1. The van der Waals surface area contributed by atoms with E-state index in [1.165, 1.54) is 20.2 Å². The number of fused-ring (bicyclic) bond motifs is 1. The number of aromatic carboxylic acids is 1. The summed E-state index contributed by atoms with van der Waals surface area (Å²) in [6, 6.07) is 0.992. The zero-order valence-electron chi connectivity index (χ0n) is 18.1. The number of pyridine rings is 1. The highest BCUT2D eigenvalue weighted by atomic mass is 19.1. The Morgan fingerprint density at radius 2 is 2.06 bits per heavy atom. The van der Waals surface area contributed by atoms with E-state index < -0.39 is 34.1 Å². The standard InChI is InChI=1S/C22H25FN4O5/c1-11(28)17-18-13(20(29)14(21(30)31)9-27(18)12-4-5-12)8-15(23)19(17)26-7-6-16(25-32-3)22(2,24)10-26/h8-9,12H,4-7,10,24H2,1-3H3,(H,30,31)/b25-16-. The summed E-state index contributed by atoms with van der Waals surface area (Å²) >= 11 is 0. The minimum Gasteiger partial charge on any atom is -0.477 e. The number of aromatic nitrogens is 1. The number of ketones is 1. The van der Waals surface area contributed by atoms with Gasteiger partial charge in [-0.25, -0.2) is 9.18 Å². The zero-order chi connectivity index (χ0) is 23.4. The van der Waals surface area contributed by atoms with E-state index >= 15 is 4.39 Å². The van der Waals surface area contributed by atoms with Crippen molar-refractivity contribution in [3.8, 4) is 0 Å². The van der Waals surface area contributed by atoms with E-state index in [0.29, 0.717) is 18.7 Å². The van der Waals surface area contributed by atoms with Crippen molar-refractivity contribution in [2.45, 2.75) is 44.7 Å². The molecule has 0 spiro atoms. The van der Waals surface area contributed by atoms with E-state index in [2.05, 4.69) is 5.16 Å². The van der Waals surface area contributed by atoms with Crippen LogP contribution in [0.15, 0.2) is 22.2 Å². The van der Waals surface area contributed by atoms with Gasteiger partial charge in [-0.2, -0.15) is 0 Å². The highest BCUT2D eigenvalue weighted by Crippen LogP contribution is 2.41. The number of Topliss-reactive ketones (excluding diaryl/α,β-unsaturated/α-hetero) is 1. The monoisotopic (exact) mass is 444 g/mol. The van der Waals surface area contributed by atoms with Crippen LogP contribution in [0.4, 0.5) is 10.1 Å². The molecule has 1 atom stereocenters. The van der Waals surface area contributed by atoms with Gasteiger partial charge < -0.3 is 25.1 Å². The Morgan fingerprint density at radius 3 is 2.59 bits per heavy atom. The molecule has 170 valence electrons. The van der Waals surface area contributed by atoms with Crippen molar-refractivity contribution in [1.29, 1.82) is 0 Å². The van der Waals surface area contributed by atoms with Crippen molar-refractivity contribution in [1.82, 2.24) is 4.57 Å². The van der Waals surface area contributed by atoms with Crippen molar-refractivity contribution in [3.05, 3.63) is 39.4 Å². The number of carboxylic acids is 1. The van der Waals surface area contributed by atoms with Gasteiger partial charge in [0.05, 0.1) is 33.4 Å². The molecule has 10 heteroatoms. The fraction of sp³-hybridized carbons (Fsp3) is 0.455. The quantitative estimate of drug-likeness (QED) is 0.535. The number of hydrogen-bond donors (Lipinski definition) is 2. The van der Waals surface area contributed by atoms with E-state index in [1.807, 2.05) is 0 Å². The first-order valence-electron chi connectivity index (χ1n) is 10.4. The molecule has 1 aromatic carbocycles. The lowest BCUT2D eigenvalue weighted by Crippen LogP contribution is -2.59. The van der Waals surface area contributed by atoms with E-state index in [9.17, 15) is 19.5 Å². The first-order chi connectivity index (χ1) is 15.1. The molecule has 1 aliphatic heterocycles. The highest BCUT2D eigenvalue weighted by Gasteiger charge is 2.38. The van der Waals surface area contributed by atoms with Crippen molar-refractivity contribution in [2.75, 3.05) is 25.1 Å². The van der Waals surface area contributed by atoms with Crippen LogP contribution in [0.25, 0.3) is 10.9 Å². The summed E-state index contributed by atoms with van der Waals surface area (Å²) in [5, 5.41) is 13.3. The number of benzene rings is 1. The normalized spacial score (nSPS) is 22.4. The lowest BCUT2D eigenvalue weighted by Gasteiger charge is -2.40. The molecular weight excluding hydrogens is 419 g/mol. The SMILES string of the molecule is CO/N=C1/CCN(c2c(F)cc3c(=O)c(C(=O)O)cn(C4CC4)c3c2C(C)=O)CC1(C)N. The van der Waals surface area contributed by atoms with E-state index in [-0.39, 0.29) is 34.7 Å². The number of nitrogens with two attached hydrogens (primary N) is 1. The Morgan fingerprint density at radius 1 is 1.38 bits per heavy atom. The molecule has 0 bridgehead atoms. The van der Waals surface area contributed by atoms with Gasteiger partial charge in [0.1, 0.15) is 18.5 Å². The molecule has 2 heterocycles. The third-order valence-corrected chi connectivity index (χ3v) is 6.08. The second-order valence-electron chi connectivity index (χ2n) is 8.66. The summed E-state index contributed by atoms with van der Waals surface area (Å²) < 4.78 is 17.1. The van der Waals surface area contributed by atoms with Crippen molar-refractivity contribution in [2.24, 2.45) is 10.9 Å². The molecule has 2 fully saturated rings. The largest absolute Gasteiger partial charge is 0.477 e. The number of hydrogen-bond acceptors (Lipinski definition) is 7. The van der Waals surface area contributed by atoms with E-state index in [4.69, 9.17) is 10.6 Å².